The number of ether oxygens (including phenoxy) is 3. The van der Waals surface area contributed by atoms with Gasteiger partial charge in [-0.15, -0.1) is 0 Å². The summed E-state index contributed by atoms with van der Waals surface area (Å²) >= 11 is 2.50. The fourth-order valence-electron chi connectivity index (χ4n) is 2.83. The molecule has 1 unspecified atom stereocenters. The Labute approximate surface area is 186 Å². The fraction of sp³-hybridized carbons (Fsp3) is 0.789. The second kappa shape index (κ2) is 11.1. The van der Waals surface area contributed by atoms with E-state index >= 15 is 0 Å². The van der Waals surface area contributed by atoms with Crippen LogP contribution in [0.5, 0.6) is 0 Å². The molecule has 0 radical (unpaired) electrons. The van der Waals surface area contributed by atoms with Crippen LogP contribution in [-0.2, 0) is 23.8 Å². The number of alkyl halides is 7. The zero-order valence-electron chi connectivity index (χ0n) is 17.3. The molecule has 1 rings (SSSR count). The predicted octanol–water partition coefficient (Wildman–Crippen LogP) is 5.59. The minimum Gasteiger partial charge on any atom is -0.457 e. The Morgan fingerprint density at radius 1 is 1.00 bits per heavy atom. The van der Waals surface area contributed by atoms with Gasteiger partial charge in [0.05, 0.1) is 6.61 Å². The van der Waals surface area contributed by atoms with Crippen molar-refractivity contribution in [2.24, 2.45) is 0 Å². The standard InChI is InChI=1S/C19H25F7O5S/c1-12(2)14(27)31-17(18(22,23)24,15(28)30-13-8-4-3-5-9-13)29-11-7-6-10-16(20,21)19(25,26)32/h13,32H,1,3-11H2,2H3. The van der Waals surface area contributed by atoms with E-state index in [-0.39, 0.29) is 0 Å². The summed E-state index contributed by atoms with van der Waals surface area (Å²) < 4.78 is 107. The summed E-state index contributed by atoms with van der Waals surface area (Å²) in [6, 6.07) is 0. The van der Waals surface area contributed by atoms with Crippen LogP contribution in [-0.4, -0.2) is 47.8 Å². The largest absolute Gasteiger partial charge is 0.468 e. The fourth-order valence-corrected chi connectivity index (χ4v) is 2.94. The van der Waals surface area contributed by atoms with Gasteiger partial charge in [-0.05, 0) is 45.4 Å². The van der Waals surface area contributed by atoms with Gasteiger partial charge in [-0.3, -0.25) is 0 Å². The van der Waals surface area contributed by atoms with Gasteiger partial charge < -0.3 is 14.2 Å². The molecule has 0 aromatic carbocycles. The average Bonchev–Trinajstić information content (AvgIpc) is 2.65. The van der Waals surface area contributed by atoms with E-state index in [1.54, 1.807) is 0 Å². The van der Waals surface area contributed by atoms with Crippen molar-refractivity contribution < 1.29 is 54.5 Å². The molecular formula is C19H25F7O5S. The first kappa shape index (κ1) is 28.5. The van der Waals surface area contributed by atoms with Crippen LogP contribution in [0, 0.1) is 0 Å². The SMILES string of the molecule is C=C(C)C(=O)OC(OCCCCC(F)(F)C(F)(F)S)(C(=O)OC1CCCCC1)C(F)(F)F. The van der Waals surface area contributed by atoms with E-state index in [0.29, 0.717) is 25.7 Å². The van der Waals surface area contributed by atoms with Crippen molar-refractivity contribution in [3.8, 4) is 0 Å². The first-order valence-electron chi connectivity index (χ1n) is 9.82. The predicted molar refractivity (Wildman–Crippen MR) is 101 cm³/mol. The van der Waals surface area contributed by atoms with Gasteiger partial charge in [0.15, 0.2) is 0 Å². The molecule has 0 amide bonds. The van der Waals surface area contributed by atoms with Crippen LogP contribution >= 0.6 is 12.6 Å². The minimum atomic E-state index is -5.59. The number of halogens is 7. The lowest BCUT2D eigenvalue weighted by Crippen LogP contribution is -2.59. The normalized spacial score (nSPS) is 18.0. The molecule has 1 aliphatic carbocycles. The highest BCUT2D eigenvalue weighted by atomic mass is 32.1. The molecule has 186 valence electrons. The third kappa shape index (κ3) is 7.53. The number of thiol groups is 1. The van der Waals surface area contributed by atoms with Gasteiger partial charge in [-0.25, -0.2) is 9.59 Å². The molecule has 0 spiro atoms. The molecule has 0 saturated heterocycles. The van der Waals surface area contributed by atoms with E-state index in [1.165, 1.54) is 0 Å². The van der Waals surface area contributed by atoms with Crippen LogP contribution in [0.25, 0.3) is 0 Å². The molecule has 1 saturated carbocycles. The molecule has 1 fully saturated rings. The van der Waals surface area contributed by atoms with Gasteiger partial charge in [0.25, 0.3) is 0 Å². The number of carbonyl (C=O) groups is 2. The van der Waals surface area contributed by atoms with Crippen molar-refractivity contribution in [3.63, 3.8) is 0 Å². The lowest BCUT2D eigenvalue weighted by molar-refractivity contribution is -0.356. The lowest BCUT2D eigenvalue weighted by atomic mass is 9.98. The number of esters is 2. The Morgan fingerprint density at radius 3 is 2.03 bits per heavy atom. The summed E-state index contributed by atoms with van der Waals surface area (Å²) in [6.07, 6.45) is -6.45. The molecule has 32 heavy (non-hydrogen) atoms. The number of carbonyl (C=O) groups excluding carboxylic acids is 2. The average molecular weight is 498 g/mol. The Bertz CT molecular complexity index is 672. The van der Waals surface area contributed by atoms with Crippen LogP contribution in [0.3, 0.4) is 0 Å². The maximum atomic E-state index is 13.9. The van der Waals surface area contributed by atoms with Gasteiger partial charge in [0, 0.05) is 12.0 Å². The van der Waals surface area contributed by atoms with Gasteiger partial charge in [-0.1, -0.05) is 25.6 Å². The molecule has 0 N–H and O–H groups in total. The van der Waals surface area contributed by atoms with Crippen molar-refractivity contribution in [1.82, 2.24) is 0 Å². The summed E-state index contributed by atoms with van der Waals surface area (Å²) in [5.74, 6) is -12.3. The highest BCUT2D eigenvalue weighted by Crippen LogP contribution is 2.41. The Morgan fingerprint density at radius 2 is 1.56 bits per heavy atom. The first-order chi connectivity index (χ1) is 14.5. The Balaban J connectivity index is 2.97. The van der Waals surface area contributed by atoms with E-state index in [2.05, 4.69) is 28.7 Å². The third-order valence-electron chi connectivity index (χ3n) is 4.68. The highest BCUT2D eigenvalue weighted by Gasteiger charge is 2.68. The molecular weight excluding hydrogens is 473 g/mol. The van der Waals surface area contributed by atoms with Crippen LogP contribution in [0.1, 0.15) is 58.3 Å². The summed E-state index contributed by atoms with van der Waals surface area (Å²) in [5.41, 5.74) is -0.469. The van der Waals surface area contributed by atoms with Gasteiger partial charge in [0.2, 0.25) is 0 Å². The van der Waals surface area contributed by atoms with E-state index in [4.69, 9.17) is 4.74 Å². The molecule has 0 heterocycles. The molecule has 13 heteroatoms. The number of unbranched alkanes of at least 4 members (excludes halogenated alkanes) is 1. The molecule has 0 aromatic heterocycles. The Kier molecular flexibility index (Phi) is 9.88. The zero-order chi connectivity index (χ0) is 24.8. The van der Waals surface area contributed by atoms with E-state index in [1.807, 2.05) is 0 Å². The van der Waals surface area contributed by atoms with Gasteiger partial charge in [0.1, 0.15) is 6.10 Å². The summed E-state index contributed by atoms with van der Waals surface area (Å²) in [7, 11) is 0. The molecule has 1 atom stereocenters. The smallest absolute Gasteiger partial charge is 0.457 e. The second-order valence-corrected chi connectivity index (χ2v) is 8.06. The third-order valence-corrected chi connectivity index (χ3v) is 5.01. The second-order valence-electron chi connectivity index (χ2n) is 7.50. The zero-order valence-corrected chi connectivity index (χ0v) is 18.2. The van der Waals surface area contributed by atoms with Crippen molar-refractivity contribution in [2.75, 3.05) is 6.61 Å². The molecule has 5 nitrogen and oxygen atoms in total. The van der Waals surface area contributed by atoms with Gasteiger partial charge in [-0.2, -0.15) is 30.7 Å². The monoisotopic (exact) mass is 498 g/mol. The summed E-state index contributed by atoms with van der Waals surface area (Å²) in [6.45, 7) is 3.17. The van der Waals surface area contributed by atoms with Crippen molar-refractivity contribution in [1.29, 1.82) is 0 Å². The minimum absolute atomic E-state index is 0.307. The molecule has 0 aliphatic heterocycles. The van der Waals surface area contributed by atoms with Crippen LogP contribution in [0.4, 0.5) is 30.7 Å². The number of hydrogen-bond acceptors (Lipinski definition) is 6. The van der Waals surface area contributed by atoms with Crippen molar-refractivity contribution in [3.05, 3.63) is 12.2 Å². The molecule has 1 aliphatic rings. The number of hydrogen-bond donors (Lipinski definition) is 1. The van der Waals surface area contributed by atoms with Crippen LogP contribution in [0.15, 0.2) is 12.2 Å². The summed E-state index contributed by atoms with van der Waals surface area (Å²) in [5, 5.41) is -4.62. The molecule has 0 bridgehead atoms. The van der Waals surface area contributed by atoms with E-state index in [9.17, 15) is 40.3 Å². The van der Waals surface area contributed by atoms with Crippen molar-refractivity contribution in [2.45, 2.75) is 87.5 Å². The van der Waals surface area contributed by atoms with E-state index < -0.39 is 72.6 Å². The molecule has 0 aromatic rings. The Hall–Kier alpha value is -1.50. The summed E-state index contributed by atoms with van der Waals surface area (Å²) in [4.78, 5) is 24.3. The maximum absolute atomic E-state index is 13.9. The van der Waals surface area contributed by atoms with Crippen LogP contribution < -0.4 is 0 Å². The lowest BCUT2D eigenvalue weighted by Gasteiger charge is -2.34. The van der Waals surface area contributed by atoms with Crippen molar-refractivity contribution >= 4 is 24.6 Å². The van der Waals surface area contributed by atoms with Crippen LogP contribution in [0.2, 0.25) is 0 Å². The topological polar surface area (TPSA) is 61.8 Å². The quantitative estimate of drug-likeness (QED) is 0.101. The first-order valence-corrected chi connectivity index (χ1v) is 10.3. The van der Waals surface area contributed by atoms with Gasteiger partial charge >= 0.3 is 35.1 Å². The van der Waals surface area contributed by atoms with E-state index in [0.717, 1.165) is 13.3 Å². The highest BCUT2D eigenvalue weighted by molar-refractivity contribution is 7.81. The number of rotatable bonds is 11. The maximum Gasteiger partial charge on any atom is 0.468 e.